The van der Waals surface area contributed by atoms with Crippen LogP contribution in [0, 0.1) is 0 Å². The average molecular weight is 254 g/mol. The molecule has 0 saturated heterocycles. The van der Waals surface area contributed by atoms with Gasteiger partial charge in [0.25, 0.3) is 5.91 Å². The molecule has 1 aromatic heterocycles. The minimum absolute atomic E-state index is 0.0911. The van der Waals surface area contributed by atoms with Crippen LogP contribution in [0.15, 0.2) is 48.8 Å². The van der Waals surface area contributed by atoms with Gasteiger partial charge >= 0.3 is 0 Å². The Hall–Kier alpha value is -2.16. The highest BCUT2D eigenvalue weighted by molar-refractivity contribution is 5.93. The van der Waals surface area contributed by atoms with Crippen molar-refractivity contribution in [3.8, 4) is 0 Å². The van der Waals surface area contributed by atoms with Gasteiger partial charge in [-0.2, -0.15) is 0 Å². The number of carbonyl (C=O) groups is 1. The molecule has 1 aromatic carbocycles. The Balaban J connectivity index is 2.05. The number of nitrogens with zero attached hydrogens (tertiary/aromatic N) is 1. The first kappa shape index (κ1) is 13.3. The maximum absolute atomic E-state index is 11.9. The van der Waals surface area contributed by atoms with Crippen LogP contribution in [0.2, 0.25) is 0 Å². The minimum Gasteiger partial charge on any atom is -0.348 e. The molecule has 0 fully saturated rings. The molecule has 2 rings (SSSR count). The van der Waals surface area contributed by atoms with Crippen LogP contribution in [0.3, 0.4) is 0 Å². The smallest absolute Gasteiger partial charge is 0.253 e. The van der Waals surface area contributed by atoms with E-state index in [0.29, 0.717) is 18.0 Å². The molecule has 0 radical (unpaired) electrons. The lowest BCUT2D eigenvalue weighted by Crippen LogP contribution is -2.23. The van der Waals surface area contributed by atoms with Crippen LogP contribution in [-0.2, 0) is 6.54 Å². The van der Waals surface area contributed by atoms with Gasteiger partial charge in [0, 0.05) is 18.9 Å². The highest BCUT2D eigenvalue weighted by Gasteiger charge is 2.08. The number of pyridine rings is 1. The van der Waals surface area contributed by atoms with E-state index in [-0.39, 0.29) is 5.91 Å². The van der Waals surface area contributed by atoms with Crippen molar-refractivity contribution in [2.75, 3.05) is 0 Å². The van der Waals surface area contributed by atoms with Gasteiger partial charge < -0.3 is 5.32 Å². The molecule has 0 saturated carbocycles. The van der Waals surface area contributed by atoms with Crippen molar-refractivity contribution in [1.29, 1.82) is 0 Å². The lowest BCUT2D eigenvalue weighted by molar-refractivity contribution is 0.0950. The third-order valence-corrected chi connectivity index (χ3v) is 3.04. The van der Waals surface area contributed by atoms with Gasteiger partial charge in [-0.05, 0) is 29.2 Å². The molecule has 0 aliphatic heterocycles. The number of aromatic nitrogens is 1. The van der Waals surface area contributed by atoms with Crippen LogP contribution in [0.25, 0.3) is 0 Å². The summed E-state index contributed by atoms with van der Waals surface area (Å²) < 4.78 is 0. The molecular weight excluding hydrogens is 236 g/mol. The van der Waals surface area contributed by atoms with E-state index in [0.717, 1.165) is 5.56 Å². The summed E-state index contributed by atoms with van der Waals surface area (Å²) in [6.07, 6.45) is 3.23. The Bertz CT molecular complexity index is 550. The van der Waals surface area contributed by atoms with Crippen molar-refractivity contribution >= 4 is 5.91 Å². The van der Waals surface area contributed by atoms with Gasteiger partial charge in [-0.1, -0.05) is 38.1 Å². The summed E-state index contributed by atoms with van der Waals surface area (Å²) >= 11 is 0. The zero-order valence-electron chi connectivity index (χ0n) is 11.3. The van der Waals surface area contributed by atoms with Gasteiger partial charge in [0.15, 0.2) is 0 Å². The fourth-order valence-corrected chi connectivity index (χ4v) is 2.03. The van der Waals surface area contributed by atoms with Crippen LogP contribution in [-0.4, -0.2) is 10.9 Å². The predicted molar refractivity (Wildman–Crippen MR) is 75.9 cm³/mol. The molecule has 0 aliphatic carbocycles. The number of rotatable bonds is 4. The number of carbonyl (C=O) groups excluding carboxylic acids is 1. The van der Waals surface area contributed by atoms with Crippen LogP contribution >= 0.6 is 0 Å². The fourth-order valence-electron chi connectivity index (χ4n) is 2.03. The monoisotopic (exact) mass is 254 g/mol. The molecule has 1 heterocycles. The van der Waals surface area contributed by atoms with Crippen molar-refractivity contribution in [2.24, 2.45) is 0 Å². The lowest BCUT2D eigenvalue weighted by atomic mass is 9.97. The van der Waals surface area contributed by atoms with Gasteiger partial charge in [-0.3, -0.25) is 9.78 Å². The van der Waals surface area contributed by atoms with Crippen LogP contribution in [0.5, 0.6) is 0 Å². The number of benzene rings is 1. The molecule has 0 spiro atoms. The predicted octanol–water partition coefficient (Wildman–Crippen LogP) is 3.14. The topological polar surface area (TPSA) is 42.0 Å². The Morgan fingerprint density at radius 2 is 2.00 bits per heavy atom. The van der Waals surface area contributed by atoms with Gasteiger partial charge in [0.1, 0.15) is 0 Å². The SMILES string of the molecule is CC(C)c1ccccc1CNC(=O)c1cccnc1. The number of amides is 1. The number of hydrogen-bond donors (Lipinski definition) is 1. The second-order valence-corrected chi connectivity index (χ2v) is 4.78. The van der Waals surface area contributed by atoms with Crippen molar-refractivity contribution < 1.29 is 4.79 Å². The van der Waals surface area contributed by atoms with Crippen LogP contribution in [0.4, 0.5) is 0 Å². The van der Waals surface area contributed by atoms with E-state index in [1.165, 1.54) is 5.56 Å². The molecule has 98 valence electrons. The summed E-state index contributed by atoms with van der Waals surface area (Å²) in [4.78, 5) is 15.9. The van der Waals surface area contributed by atoms with Crippen LogP contribution in [0.1, 0.15) is 41.3 Å². The first-order valence-electron chi connectivity index (χ1n) is 6.44. The van der Waals surface area contributed by atoms with Gasteiger partial charge in [0.2, 0.25) is 0 Å². The molecule has 1 amide bonds. The molecule has 0 unspecified atom stereocenters. The zero-order valence-corrected chi connectivity index (χ0v) is 11.3. The normalized spacial score (nSPS) is 10.5. The van der Waals surface area contributed by atoms with Crippen molar-refractivity contribution in [3.63, 3.8) is 0 Å². The second kappa shape index (κ2) is 6.14. The maximum Gasteiger partial charge on any atom is 0.253 e. The quantitative estimate of drug-likeness (QED) is 0.910. The molecular formula is C16H18N2O. The zero-order chi connectivity index (χ0) is 13.7. The Morgan fingerprint density at radius 1 is 1.21 bits per heavy atom. The molecule has 2 aromatic rings. The Morgan fingerprint density at radius 3 is 2.68 bits per heavy atom. The standard InChI is InChI=1S/C16H18N2O/c1-12(2)15-8-4-3-6-13(15)11-18-16(19)14-7-5-9-17-10-14/h3-10,12H,11H2,1-2H3,(H,18,19). The lowest BCUT2D eigenvalue weighted by Gasteiger charge is -2.13. The van der Waals surface area contributed by atoms with Crippen molar-refractivity contribution in [3.05, 3.63) is 65.5 Å². The maximum atomic E-state index is 11.9. The van der Waals surface area contributed by atoms with E-state index in [1.54, 1.807) is 24.5 Å². The summed E-state index contributed by atoms with van der Waals surface area (Å²) in [6.45, 7) is 4.85. The van der Waals surface area contributed by atoms with E-state index >= 15 is 0 Å². The second-order valence-electron chi connectivity index (χ2n) is 4.78. The molecule has 19 heavy (non-hydrogen) atoms. The summed E-state index contributed by atoms with van der Waals surface area (Å²) in [5, 5.41) is 2.93. The van der Waals surface area contributed by atoms with Gasteiger partial charge in [0.05, 0.1) is 5.56 Å². The number of hydrogen-bond acceptors (Lipinski definition) is 2. The summed E-state index contributed by atoms with van der Waals surface area (Å²) in [6, 6.07) is 11.7. The Labute approximate surface area is 113 Å². The van der Waals surface area contributed by atoms with Crippen molar-refractivity contribution in [2.45, 2.75) is 26.3 Å². The molecule has 3 heteroatoms. The van der Waals surface area contributed by atoms with Gasteiger partial charge in [-0.25, -0.2) is 0 Å². The molecule has 0 atom stereocenters. The largest absolute Gasteiger partial charge is 0.348 e. The number of nitrogens with one attached hydrogen (secondary N) is 1. The average Bonchev–Trinajstić information content (AvgIpc) is 2.46. The van der Waals surface area contributed by atoms with E-state index in [2.05, 4.69) is 36.3 Å². The molecule has 1 N–H and O–H groups in total. The highest BCUT2D eigenvalue weighted by Crippen LogP contribution is 2.18. The third-order valence-electron chi connectivity index (χ3n) is 3.04. The third kappa shape index (κ3) is 3.41. The van der Waals surface area contributed by atoms with E-state index in [1.807, 2.05) is 12.1 Å². The molecule has 3 nitrogen and oxygen atoms in total. The highest BCUT2D eigenvalue weighted by atomic mass is 16.1. The van der Waals surface area contributed by atoms with E-state index < -0.39 is 0 Å². The molecule has 0 bridgehead atoms. The summed E-state index contributed by atoms with van der Waals surface area (Å²) in [5.74, 6) is 0.359. The Kier molecular flexibility index (Phi) is 4.29. The molecule has 0 aliphatic rings. The fraction of sp³-hybridized carbons (Fsp3) is 0.250. The van der Waals surface area contributed by atoms with E-state index in [4.69, 9.17) is 0 Å². The van der Waals surface area contributed by atoms with Crippen LogP contribution < -0.4 is 5.32 Å². The van der Waals surface area contributed by atoms with E-state index in [9.17, 15) is 4.79 Å². The summed E-state index contributed by atoms with van der Waals surface area (Å²) in [7, 11) is 0. The first-order valence-corrected chi connectivity index (χ1v) is 6.44. The first-order chi connectivity index (χ1) is 9.18. The van der Waals surface area contributed by atoms with Gasteiger partial charge in [-0.15, -0.1) is 0 Å². The van der Waals surface area contributed by atoms with Crippen molar-refractivity contribution in [1.82, 2.24) is 10.3 Å². The summed E-state index contributed by atoms with van der Waals surface area (Å²) in [5.41, 5.74) is 3.02. The minimum atomic E-state index is -0.0911.